The van der Waals surface area contributed by atoms with E-state index in [1.54, 1.807) is 46.2 Å². The number of anilines is 1. The maximum atomic E-state index is 12.9. The highest BCUT2D eigenvalue weighted by atomic mass is 19.4. The molecule has 4 rings (SSSR count). The maximum Gasteiger partial charge on any atom is 0.416 e. The molecule has 1 aromatic heterocycles. The highest BCUT2D eigenvalue weighted by Crippen LogP contribution is 2.32. The third-order valence-electron chi connectivity index (χ3n) is 4.90. The number of aromatic nitrogens is 3. The Morgan fingerprint density at radius 2 is 1.66 bits per heavy atom. The number of rotatable bonds is 3. The summed E-state index contributed by atoms with van der Waals surface area (Å²) in [6.07, 6.45) is -1.36. The first-order valence-corrected chi connectivity index (χ1v) is 9.08. The molecular formula is C20H18F3N5O. The zero-order valence-corrected chi connectivity index (χ0v) is 15.4. The third kappa shape index (κ3) is 4.08. The summed E-state index contributed by atoms with van der Waals surface area (Å²) in [7, 11) is 0. The highest BCUT2D eigenvalue weighted by Gasteiger charge is 2.31. The van der Waals surface area contributed by atoms with Crippen LogP contribution in [0, 0.1) is 0 Å². The molecule has 1 amide bonds. The van der Waals surface area contributed by atoms with Gasteiger partial charge in [-0.15, -0.1) is 0 Å². The van der Waals surface area contributed by atoms with Crippen LogP contribution in [0.2, 0.25) is 0 Å². The predicted octanol–water partition coefficient (Wildman–Crippen LogP) is 3.25. The van der Waals surface area contributed by atoms with Crippen LogP contribution >= 0.6 is 0 Å². The van der Waals surface area contributed by atoms with Gasteiger partial charge in [0.05, 0.1) is 11.3 Å². The van der Waals surface area contributed by atoms with Crippen molar-refractivity contribution in [1.29, 1.82) is 0 Å². The Morgan fingerprint density at radius 1 is 0.931 bits per heavy atom. The van der Waals surface area contributed by atoms with Crippen LogP contribution in [-0.2, 0) is 6.18 Å². The van der Waals surface area contributed by atoms with Crippen molar-refractivity contribution in [2.24, 2.45) is 0 Å². The molecule has 1 aliphatic heterocycles. The third-order valence-corrected chi connectivity index (χ3v) is 4.90. The first-order chi connectivity index (χ1) is 13.9. The lowest BCUT2D eigenvalue weighted by molar-refractivity contribution is -0.137. The molecule has 0 saturated carbocycles. The fourth-order valence-electron chi connectivity index (χ4n) is 3.33. The van der Waals surface area contributed by atoms with Crippen molar-refractivity contribution in [3.05, 3.63) is 72.3 Å². The van der Waals surface area contributed by atoms with Crippen molar-refractivity contribution < 1.29 is 18.0 Å². The zero-order chi connectivity index (χ0) is 20.4. The predicted molar refractivity (Wildman–Crippen MR) is 101 cm³/mol. The van der Waals surface area contributed by atoms with Crippen molar-refractivity contribution >= 4 is 11.6 Å². The number of carbonyl (C=O) groups excluding carboxylic acids is 1. The van der Waals surface area contributed by atoms with Crippen LogP contribution in [0.15, 0.2) is 61.2 Å². The molecule has 150 valence electrons. The summed E-state index contributed by atoms with van der Waals surface area (Å²) < 4.78 is 40.4. The Kier molecular flexibility index (Phi) is 4.96. The van der Waals surface area contributed by atoms with Crippen LogP contribution in [0.25, 0.3) is 5.69 Å². The molecule has 0 N–H and O–H groups in total. The first-order valence-electron chi connectivity index (χ1n) is 9.08. The fraction of sp³-hybridized carbons (Fsp3) is 0.250. The van der Waals surface area contributed by atoms with Gasteiger partial charge in [0, 0.05) is 37.4 Å². The van der Waals surface area contributed by atoms with Gasteiger partial charge < -0.3 is 9.80 Å². The number of benzene rings is 2. The van der Waals surface area contributed by atoms with Gasteiger partial charge in [0.15, 0.2) is 0 Å². The van der Waals surface area contributed by atoms with Gasteiger partial charge in [-0.25, -0.2) is 9.67 Å². The van der Waals surface area contributed by atoms with Crippen LogP contribution < -0.4 is 4.90 Å². The average molecular weight is 401 g/mol. The molecule has 0 spiro atoms. The van der Waals surface area contributed by atoms with Gasteiger partial charge in [0.1, 0.15) is 12.7 Å². The van der Waals surface area contributed by atoms with E-state index in [-0.39, 0.29) is 5.91 Å². The lowest BCUT2D eigenvalue weighted by Gasteiger charge is -2.36. The summed E-state index contributed by atoms with van der Waals surface area (Å²) in [5, 5.41) is 4.04. The van der Waals surface area contributed by atoms with Crippen LogP contribution in [-0.4, -0.2) is 51.8 Å². The molecular weight excluding hydrogens is 383 g/mol. The summed E-state index contributed by atoms with van der Waals surface area (Å²) in [4.78, 5) is 20.2. The summed E-state index contributed by atoms with van der Waals surface area (Å²) >= 11 is 0. The quantitative estimate of drug-likeness (QED) is 0.676. The van der Waals surface area contributed by atoms with E-state index < -0.39 is 11.7 Å². The molecule has 6 nitrogen and oxygen atoms in total. The molecule has 0 aliphatic carbocycles. The summed E-state index contributed by atoms with van der Waals surface area (Å²) in [6, 6.07) is 12.3. The fourth-order valence-corrected chi connectivity index (χ4v) is 3.33. The minimum Gasteiger partial charge on any atom is -0.368 e. The number of alkyl halides is 3. The second-order valence-corrected chi connectivity index (χ2v) is 6.71. The Bertz CT molecular complexity index is 978. The Balaban J connectivity index is 1.40. The molecule has 0 unspecified atom stereocenters. The van der Waals surface area contributed by atoms with E-state index >= 15 is 0 Å². The number of carbonyl (C=O) groups is 1. The second kappa shape index (κ2) is 7.57. The average Bonchev–Trinajstić information content (AvgIpc) is 3.28. The normalized spacial score (nSPS) is 14.9. The van der Waals surface area contributed by atoms with E-state index in [0.29, 0.717) is 37.4 Å². The Labute approximate surface area is 165 Å². The smallest absolute Gasteiger partial charge is 0.368 e. The van der Waals surface area contributed by atoms with Crippen molar-refractivity contribution in [2.45, 2.75) is 6.18 Å². The van der Waals surface area contributed by atoms with E-state index in [9.17, 15) is 18.0 Å². The van der Waals surface area contributed by atoms with E-state index in [1.165, 1.54) is 12.4 Å². The molecule has 29 heavy (non-hydrogen) atoms. The van der Waals surface area contributed by atoms with Crippen molar-refractivity contribution in [3.8, 4) is 5.69 Å². The molecule has 3 aromatic rings. The largest absolute Gasteiger partial charge is 0.416 e. The lowest BCUT2D eigenvalue weighted by Crippen LogP contribution is -2.48. The number of hydrogen-bond acceptors (Lipinski definition) is 4. The number of piperazine rings is 1. The van der Waals surface area contributed by atoms with Gasteiger partial charge in [0.25, 0.3) is 5.91 Å². The molecule has 2 heterocycles. The molecule has 0 radical (unpaired) electrons. The molecule has 9 heteroatoms. The highest BCUT2D eigenvalue weighted by molar-refractivity contribution is 5.94. The molecule has 1 saturated heterocycles. The molecule has 0 bridgehead atoms. The first kappa shape index (κ1) is 19.0. The van der Waals surface area contributed by atoms with Gasteiger partial charge in [-0.1, -0.05) is 6.07 Å². The summed E-state index contributed by atoms with van der Waals surface area (Å²) in [5.41, 5.74) is 1.21. The van der Waals surface area contributed by atoms with Crippen molar-refractivity contribution in [1.82, 2.24) is 19.7 Å². The topological polar surface area (TPSA) is 54.3 Å². The maximum absolute atomic E-state index is 12.9. The van der Waals surface area contributed by atoms with Gasteiger partial charge in [0.2, 0.25) is 0 Å². The standard InChI is InChI=1S/C20H18F3N5O/c21-20(22,23)16-2-1-3-18(12-16)26-8-10-27(11-9-26)19(29)15-4-6-17(7-5-15)28-14-24-13-25-28/h1-7,12-14H,8-11H2. The molecule has 0 atom stereocenters. The number of nitrogens with zero attached hydrogens (tertiary/aromatic N) is 5. The molecule has 1 aliphatic rings. The van der Waals surface area contributed by atoms with Gasteiger partial charge in [-0.05, 0) is 42.5 Å². The van der Waals surface area contributed by atoms with E-state index in [4.69, 9.17) is 0 Å². The van der Waals surface area contributed by atoms with Gasteiger partial charge >= 0.3 is 6.18 Å². The Hall–Kier alpha value is -3.36. The SMILES string of the molecule is O=C(c1ccc(-n2cncn2)cc1)N1CCN(c2cccc(C(F)(F)F)c2)CC1. The van der Waals surface area contributed by atoms with Crippen LogP contribution in [0.4, 0.5) is 18.9 Å². The van der Waals surface area contributed by atoms with Gasteiger partial charge in [-0.2, -0.15) is 18.3 Å². The number of halogens is 3. The molecule has 1 fully saturated rings. The van der Waals surface area contributed by atoms with Crippen molar-refractivity contribution in [2.75, 3.05) is 31.1 Å². The summed E-state index contributed by atoms with van der Waals surface area (Å²) in [6.45, 7) is 1.84. The monoisotopic (exact) mass is 401 g/mol. The minimum absolute atomic E-state index is 0.0983. The van der Waals surface area contributed by atoms with E-state index in [0.717, 1.165) is 17.8 Å². The minimum atomic E-state index is -4.37. The summed E-state index contributed by atoms with van der Waals surface area (Å²) in [5.74, 6) is -0.0983. The van der Waals surface area contributed by atoms with Crippen molar-refractivity contribution in [3.63, 3.8) is 0 Å². The van der Waals surface area contributed by atoms with Crippen LogP contribution in [0.5, 0.6) is 0 Å². The zero-order valence-electron chi connectivity index (χ0n) is 15.4. The van der Waals surface area contributed by atoms with Gasteiger partial charge in [-0.3, -0.25) is 4.79 Å². The van der Waals surface area contributed by atoms with Crippen LogP contribution in [0.1, 0.15) is 15.9 Å². The molecule has 2 aromatic carbocycles. The van der Waals surface area contributed by atoms with E-state index in [1.807, 2.05) is 4.90 Å². The lowest BCUT2D eigenvalue weighted by atomic mass is 10.1. The number of hydrogen-bond donors (Lipinski definition) is 0. The van der Waals surface area contributed by atoms with Crippen LogP contribution in [0.3, 0.4) is 0 Å². The van der Waals surface area contributed by atoms with E-state index in [2.05, 4.69) is 10.1 Å². The number of amides is 1. The Morgan fingerprint density at radius 3 is 2.28 bits per heavy atom. The second-order valence-electron chi connectivity index (χ2n) is 6.71.